The number of unbranched alkanes of at least 4 members (excludes halogenated alkanes) is 2. The summed E-state index contributed by atoms with van der Waals surface area (Å²) in [4.78, 5) is 21.0. The second kappa shape index (κ2) is 9.01. The van der Waals surface area contributed by atoms with Crippen molar-refractivity contribution >= 4 is 17.5 Å². The molecule has 1 heterocycles. The van der Waals surface area contributed by atoms with Gasteiger partial charge in [0.1, 0.15) is 5.69 Å². The summed E-state index contributed by atoms with van der Waals surface area (Å²) in [6.07, 6.45) is 4.15. The highest BCUT2D eigenvalue weighted by Crippen LogP contribution is 2.19. The van der Waals surface area contributed by atoms with E-state index >= 15 is 0 Å². The molecule has 0 bridgehead atoms. The zero-order valence-corrected chi connectivity index (χ0v) is 14.7. The minimum Gasteiger partial charge on any atom is -0.351 e. The maximum atomic E-state index is 12.3. The van der Waals surface area contributed by atoms with Crippen LogP contribution in [0.15, 0.2) is 30.3 Å². The lowest BCUT2D eigenvalue weighted by Crippen LogP contribution is -2.26. The SMILES string of the molecule is CCCCCNC(=O)c1cc(C)nc(Nc2ccccc2CC)n1. The zero-order chi connectivity index (χ0) is 17.4. The van der Waals surface area contributed by atoms with E-state index in [9.17, 15) is 4.79 Å². The van der Waals surface area contributed by atoms with Crippen LogP contribution in [0.3, 0.4) is 0 Å². The van der Waals surface area contributed by atoms with Crippen LogP contribution in [-0.4, -0.2) is 22.4 Å². The van der Waals surface area contributed by atoms with E-state index in [0.717, 1.165) is 37.1 Å². The van der Waals surface area contributed by atoms with Crippen LogP contribution < -0.4 is 10.6 Å². The van der Waals surface area contributed by atoms with Gasteiger partial charge in [0.15, 0.2) is 0 Å². The van der Waals surface area contributed by atoms with Gasteiger partial charge in [0, 0.05) is 17.9 Å². The molecule has 0 saturated carbocycles. The maximum Gasteiger partial charge on any atom is 0.270 e. The predicted molar refractivity (Wildman–Crippen MR) is 97.7 cm³/mol. The summed E-state index contributed by atoms with van der Waals surface area (Å²) in [7, 11) is 0. The third-order valence-corrected chi connectivity index (χ3v) is 3.80. The minimum atomic E-state index is -0.150. The largest absolute Gasteiger partial charge is 0.351 e. The van der Waals surface area contributed by atoms with Crippen LogP contribution in [0.2, 0.25) is 0 Å². The normalized spacial score (nSPS) is 10.5. The number of para-hydroxylation sites is 1. The quantitative estimate of drug-likeness (QED) is 0.719. The number of nitrogens with one attached hydrogen (secondary N) is 2. The van der Waals surface area contributed by atoms with E-state index in [1.165, 1.54) is 5.56 Å². The fourth-order valence-corrected chi connectivity index (χ4v) is 2.48. The number of hydrogen-bond acceptors (Lipinski definition) is 4. The summed E-state index contributed by atoms with van der Waals surface area (Å²) in [6.45, 7) is 6.79. The average molecular weight is 326 g/mol. The van der Waals surface area contributed by atoms with Gasteiger partial charge in [0.2, 0.25) is 5.95 Å². The van der Waals surface area contributed by atoms with Crippen LogP contribution in [0, 0.1) is 6.92 Å². The number of aromatic nitrogens is 2. The van der Waals surface area contributed by atoms with Gasteiger partial charge in [-0.2, -0.15) is 0 Å². The molecule has 0 unspecified atom stereocenters. The monoisotopic (exact) mass is 326 g/mol. The van der Waals surface area contributed by atoms with Crippen molar-refractivity contribution in [1.82, 2.24) is 15.3 Å². The number of amides is 1. The molecule has 0 aliphatic carbocycles. The number of aryl methyl sites for hydroxylation is 2. The Balaban J connectivity index is 2.12. The van der Waals surface area contributed by atoms with Gasteiger partial charge in [0.05, 0.1) is 0 Å². The summed E-state index contributed by atoms with van der Waals surface area (Å²) >= 11 is 0. The van der Waals surface area contributed by atoms with Gasteiger partial charge in [-0.3, -0.25) is 4.79 Å². The number of rotatable bonds is 8. The van der Waals surface area contributed by atoms with Crippen LogP contribution in [0.25, 0.3) is 0 Å². The van der Waals surface area contributed by atoms with E-state index in [0.29, 0.717) is 18.2 Å². The number of hydrogen-bond donors (Lipinski definition) is 2. The Morgan fingerprint density at radius 3 is 2.67 bits per heavy atom. The lowest BCUT2D eigenvalue weighted by atomic mass is 10.1. The maximum absolute atomic E-state index is 12.3. The number of anilines is 2. The average Bonchev–Trinajstić information content (AvgIpc) is 2.58. The van der Waals surface area contributed by atoms with Crippen LogP contribution in [0.5, 0.6) is 0 Å². The van der Waals surface area contributed by atoms with Crippen molar-refractivity contribution < 1.29 is 4.79 Å². The summed E-state index contributed by atoms with van der Waals surface area (Å²) in [5.41, 5.74) is 3.32. The Kier molecular flexibility index (Phi) is 6.73. The van der Waals surface area contributed by atoms with E-state index in [-0.39, 0.29) is 5.91 Å². The van der Waals surface area contributed by atoms with E-state index in [1.807, 2.05) is 25.1 Å². The molecule has 0 atom stereocenters. The Bertz CT molecular complexity index is 685. The van der Waals surface area contributed by atoms with Gasteiger partial charge < -0.3 is 10.6 Å². The minimum absolute atomic E-state index is 0.150. The van der Waals surface area contributed by atoms with E-state index in [4.69, 9.17) is 0 Å². The molecule has 2 aromatic rings. The van der Waals surface area contributed by atoms with Gasteiger partial charge in [0.25, 0.3) is 5.91 Å². The Morgan fingerprint density at radius 1 is 1.12 bits per heavy atom. The highest BCUT2D eigenvalue weighted by molar-refractivity contribution is 5.92. The molecule has 0 fully saturated rings. The van der Waals surface area contributed by atoms with Crippen molar-refractivity contribution in [3.63, 3.8) is 0 Å². The number of carbonyl (C=O) groups is 1. The molecule has 1 aromatic heterocycles. The van der Waals surface area contributed by atoms with Crippen LogP contribution >= 0.6 is 0 Å². The molecule has 128 valence electrons. The van der Waals surface area contributed by atoms with Gasteiger partial charge in [-0.15, -0.1) is 0 Å². The predicted octanol–water partition coefficient (Wildman–Crippen LogP) is 4.01. The van der Waals surface area contributed by atoms with Crippen LogP contribution in [-0.2, 0) is 6.42 Å². The molecule has 0 aliphatic heterocycles. The molecule has 5 nitrogen and oxygen atoms in total. The van der Waals surface area contributed by atoms with Crippen LogP contribution in [0.4, 0.5) is 11.6 Å². The van der Waals surface area contributed by atoms with Crippen molar-refractivity contribution in [2.24, 2.45) is 0 Å². The first kappa shape index (κ1) is 17.9. The highest BCUT2D eigenvalue weighted by Gasteiger charge is 2.11. The van der Waals surface area contributed by atoms with E-state index < -0.39 is 0 Å². The van der Waals surface area contributed by atoms with Gasteiger partial charge in [-0.25, -0.2) is 9.97 Å². The number of nitrogens with zero attached hydrogens (tertiary/aromatic N) is 2. The lowest BCUT2D eigenvalue weighted by molar-refractivity contribution is 0.0948. The second-order valence-electron chi connectivity index (χ2n) is 5.82. The standard InChI is InChI=1S/C19H26N4O/c1-4-6-9-12-20-18(24)17-13-14(3)21-19(23-17)22-16-11-8-7-10-15(16)5-2/h7-8,10-11,13H,4-6,9,12H2,1-3H3,(H,20,24)(H,21,22,23). The van der Waals surface area contributed by atoms with Crippen molar-refractivity contribution in [3.05, 3.63) is 47.3 Å². The molecule has 2 N–H and O–H groups in total. The van der Waals surface area contributed by atoms with Gasteiger partial charge in [-0.05, 0) is 37.5 Å². The summed E-state index contributed by atoms with van der Waals surface area (Å²) in [5, 5.41) is 6.15. The van der Waals surface area contributed by atoms with E-state index in [2.05, 4.69) is 40.5 Å². The van der Waals surface area contributed by atoms with Crippen molar-refractivity contribution in [2.45, 2.75) is 46.5 Å². The fourth-order valence-electron chi connectivity index (χ4n) is 2.48. The molecule has 24 heavy (non-hydrogen) atoms. The first-order valence-electron chi connectivity index (χ1n) is 8.62. The molecule has 5 heteroatoms. The number of carbonyl (C=O) groups excluding carboxylic acids is 1. The molecular weight excluding hydrogens is 300 g/mol. The van der Waals surface area contributed by atoms with Crippen molar-refractivity contribution in [2.75, 3.05) is 11.9 Å². The molecule has 0 saturated heterocycles. The first-order chi connectivity index (χ1) is 11.6. The zero-order valence-electron chi connectivity index (χ0n) is 14.7. The molecule has 2 rings (SSSR count). The topological polar surface area (TPSA) is 66.9 Å². The molecule has 1 aromatic carbocycles. The second-order valence-corrected chi connectivity index (χ2v) is 5.82. The fraction of sp³-hybridized carbons (Fsp3) is 0.421. The Hall–Kier alpha value is -2.43. The smallest absolute Gasteiger partial charge is 0.270 e. The van der Waals surface area contributed by atoms with E-state index in [1.54, 1.807) is 6.07 Å². The summed E-state index contributed by atoms with van der Waals surface area (Å²) in [5.74, 6) is 0.304. The third kappa shape index (κ3) is 5.05. The highest BCUT2D eigenvalue weighted by atomic mass is 16.1. The summed E-state index contributed by atoms with van der Waals surface area (Å²) < 4.78 is 0. The molecule has 1 amide bonds. The van der Waals surface area contributed by atoms with Crippen molar-refractivity contribution in [1.29, 1.82) is 0 Å². The molecule has 0 radical (unpaired) electrons. The summed E-state index contributed by atoms with van der Waals surface area (Å²) in [6, 6.07) is 9.76. The van der Waals surface area contributed by atoms with Crippen molar-refractivity contribution in [3.8, 4) is 0 Å². The van der Waals surface area contributed by atoms with Crippen LogP contribution in [0.1, 0.15) is 54.9 Å². The third-order valence-electron chi connectivity index (χ3n) is 3.80. The first-order valence-corrected chi connectivity index (χ1v) is 8.62. The molecule has 0 aliphatic rings. The van der Waals surface area contributed by atoms with Gasteiger partial charge >= 0.3 is 0 Å². The molecule has 0 spiro atoms. The van der Waals surface area contributed by atoms with Gasteiger partial charge in [-0.1, -0.05) is 44.9 Å². The number of benzene rings is 1. The molecular formula is C19H26N4O. The lowest BCUT2D eigenvalue weighted by Gasteiger charge is -2.11. The Labute approximate surface area is 143 Å². The Morgan fingerprint density at radius 2 is 1.92 bits per heavy atom.